The molecule has 2 unspecified atom stereocenters. The van der Waals surface area contributed by atoms with Crippen molar-refractivity contribution in [1.29, 1.82) is 0 Å². The third-order valence-corrected chi connectivity index (χ3v) is 3.27. The maximum absolute atomic E-state index is 5.60. The fourth-order valence-electron chi connectivity index (χ4n) is 2.20. The molecule has 3 heteroatoms. The van der Waals surface area contributed by atoms with Crippen molar-refractivity contribution >= 4 is 0 Å². The second-order valence-electron chi connectivity index (χ2n) is 4.73. The summed E-state index contributed by atoms with van der Waals surface area (Å²) in [6, 6.07) is 5.01. The quantitative estimate of drug-likeness (QED) is 0.821. The highest BCUT2D eigenvalue weighted by molar-refractivity contribution is 5.08. The zero-order valence-corrected chi connectivity index (χ0v) is 10.3. The minimum Gasteiger partial charge on any atom is -0.465 e. The summed E-state index contributed by atoms with van der Waals surface area (Å²) >= 11 is 0. The lowest BCUT2D eigenvalue weighted by Crippen LogP contribution is -2.42. The lowest BCUT2D eigenvalue weighted by atomic mass is 10.0. The van der Waals surface area contributed by atoms with Crippen LogP contribution in [0.25, 0.3) is 0 Å². The molecule has 0 amide bonds. The highest BCUT2D eigenvalue weighted by Crippen LogP contribution is 2.16. The maximum Gasteiger partial charge on any atom is 0.120 e. The van der Waals surface area contributed by atoms with Gasteiger partial charge in [-0.05, 0) is 45.4 Å². The lowest BCUT2D eigenvalue weighted by molar-refractivity contribution is 0.352. The normalized spacial score (nSPS) is 23.2. The van der Waals surface area contributed by atoms with Gasteiger partial charge in [-0.2, -0.15) is 0 Å². The van der Waals surface area contributed by atoms with Crippen LogP contribution in [-0.2, 0) is 0 Å². The van der Waals surface area contributed by atoms with Crippen molar-refractivity contribution in [3.63, 3.8) is 0 Å². The number of hydrogen-bond acceptors (Lipinski definition) is 3. The van der Waals surface area contributed by atoms with Gasteiger partial charge < -0.3 is 15.1 Å². The predicted octanol–water partition coefficient (Wildman–Crippen LogP) is 2.38. The predicted molar refractivity (Wildman–Crippen MR) is 65.5 cm³/mol. The molecule has 0 saturated carbocycles. The minimum absolute atomic E-state index is 0.303. The Morgan fingerprint density at radius 2 is 2.38 bits per heavy atom. The first kappa shape index (κ1) is 11.7. The van der Waals surface area contributed by atoms with Crippen LogP contribution in [0.2, 0.25) is 0 Å². The average Bonchev–Trinajstić information content (AvgIpc) is 2.74. The standard InChI is InChI=1S/C13H22N2O/c1-10-6-7-13(16-10)11(2)15-9-12-5-3-4-8-14-12/h6-7,11-12,14-15H,3-5,8-9H2,1-2H3. The van der Waals surface area contributed by atoms with Crippen molar-refractivity contribution in [3.05, 3.63) is 23.7 Å². The van der Waals surface area contributed by atoms with Gasteiger partial charge in [0.1, 0.15) is 11.5 Å². The van der Waals surface area contributed by atoms with Gasteiger partial charge in [0.05, 0.1) is 6.04 Å². The summed E-state index contributed by atoms with van der Waals surface area (Å²) < 4.78 is 5.60. The molecule has 2 heterocycles. The van der Waals surface area contributed by atoms with Crippen LogP contribution in [0.1, 0.15) is 43.7 Å². The number of furan rings is 1. The van der Waals surface area contributed by atoms with E-state index in [1.165, 1.54) is 25.8 Å². The second-order valence-corrected chi connectivity index (χ2v) is 4.73. The number of nitrogens with one attached hydrogen (secondary N) is 2. The molecule has 2 rings (SSSR count). The Labute approximate surface area is 97.6 Å². The van der Waals surface area contributed by atoms with E-state index in [0.717, 1.165) is 18.1 Å². The van der Waals surface area contributed by atoms with Gasteiger partial charge in [-0.25, -0.2) is 0 Å². The molecule has 0 spiro atoms. The number of aryl methyl sites for hydroxylation is 1. The summed E-state index contributed by atoms with van der Waals surface area (Å²) in [4.78, 5) is 0. The third-order valence-electron chi connectivity index (χ3n) is 3.27. The topological polar surface area (TPSA) is 37.2 Å². The Hall–Kier alpha value is -0.800. The number of piperidine rings is 1. The Morgan fingerprint density at radius 1 is 1.50 bits per heavy atom. The average molecular weight is 222 g/mol. The summed E-state index contributed by atoms with van der Waals surface area (Å²) in [5.74, 6) is 2.02. The molecule has 1 aliphatic rings. The van der Waals surface area contributed by atoms with Crippen LogP contribution < -0.4 is 10.6 Å². The summed E-state index contributed by atoms with van der Waals surface area (Å²) in [5.41, 5.74) is 0. The Morgan fingerprint density at radius 3 is 3.00 bits per heavy atom. The molecule has 1 fully saturated rings. The van der Waals surface area contributed by atoms with Crippen LogP contribution in [-0.4, -0.2) is 19.1 Å². The van der Waals surface area contributed by atoms with Gasteiger partial charge in [0.15, 0.2) is 0 Å². The van der Waals surface area contributed by atoms with Crippen LogP contribution >= 0.6 is 0 Å². The van der Waals surface area contributed by atoms with E-state index < -0.39 is 0 Å². The highest BCUT2D eigenvalue weighted by atomic mass is 16.3. The van der Waals surface area contributed by atoms with Gasteiger partial charge in [0.25, 0.3) is 0 Å². The fraction of sp³-hybridized carbons (Fsp3) is 0.692. The van der Waals surface area contributed by atoms with E-state index in [2.05, 4.69) is 23.6 Å². The molecule has 0 aliphatic carbocycles. The molecule has 1 saturated heterocycles. The monoisotopic (exact) mass is 222 g/mol. The van der Waals surface area contributed by atoms with Crippen molar-refractivity contribution < 1.29 is 4.42 Å². The Kier molecular flexibility index (Phi) is 4.02. The van der Waals surface area contributed by atoms with E-state index in [9.17, 15) is 0 Å². The summed E-state index contributed by atoms with van der Waals surface area (Å²) in [6.45, 7) is 6.33. The van der Waals surface area contributed by atoms with Gasteiger partial charge in [-0.1, -0.05) is 6.42 Å². The zero-order chi connectivity index (χ0) is 11.4. The lowest BCUT2D eigenvalue weighted by Gasteiger charge is -2.25. The van der Waals surface area contributed by atoms with Gasteiger partial charge >= 0.3 is 0 Å². The van der Waals surface area contributed by atoms with Crippen molar-refractivity contribution in [3.8, 4) is 0 Å². The van der Waals surface area contributed by atoms with Crippen molar-refractivity contribution in [2.24, 2.45) is 0 Å². The number of hydrogen-bond donors (Lipinski definition) is 2. The first-order chi connectivity index (χ1) is 7.75. The molecule has 0 aromatic carbocycles. The molecule has 3 nitrogen and oxygen atoms in total. The van der Waals surface area contributed by atoms with E-state index in [1.807, 2.05) is 13.0 Å². The van der Waals surface area contributed by atoms with E-state index in [1.54, 1.807) is 0 Å². The van der Waals surface area contributed by atoms with Crippen LogP contribution in [0.4, 0.5) is 0 Å². The smallest absolute Gasteiger partial charge is 0.120 e. The first-order valence-corrected chi connectivity index (χ1v) is 6.29. The molecular weight excluding hydrogens is 200 g/mol. The van der Waals surface area contributed by atoms with Gasteiger partial charge in [-0.3, -0.25) is 0 Å². The van der Waals surface area contributed by atoms with E-state index in [-0.39, 0.29) is 0 Å². The van der Waals surface area contributed by atoms with Gasteiger partial charge in [0, 0.05) is 12.6 Å². The number of rotatable bonds is 4. The molecule has 2 N–H and O–H groups in total. The van der Waals surface area contributed by atoms with Gasteiger partial charge in [0.2, 0.25) is 0 Å². The van der Waals surface area contributed by atoms with E-state index in [0.29, 0.717) is 12.1 Å². The summed E-state index contributed by atoms with van der Waals surface area (Å²) in [5, 5.41) is 7.06. The molecule has 0 radical (unpaired) electrons. The minimum atomic E-state index is 0.303. The molecule has 1 aliphatic heterocycles. The molecule has 2 atom stereocenters. The molecule has 1 aromatic rings. The maximum atomic E-state index is 5.60. The summed E-state index contributed by atoms with van der Waals surface area (Å²) in [6.07, 6.45) is 3.97. The molecular formula is C13H22N2O. The molecule has 0 bridgehead atoms. The molecule has 16 heavy (non-hydrogen) atoms. The van der Waals surface area contributed by atoms with E-state index in [4.69, 9.17) is 4.42 Å². The van der Waals surface area contributed by atoms with Crippen LogP contribution in [0.3, 0.4) is 0 Å². The second kappa shape index (κ2) is 5.51. The fourth-order valence-corrected chi connectivity index (χ4v) is 2.20. The van der Waals surface area contributed by atoms with Crippen LogP contribution in [0.5, 0.6) is 0 Å². The van der Waals surface area contributed by atoms with Crippen molar-refractivity contribution in [1.82, 2.24) is 10.6 Å². The third kappa shape index (κ3) is 3.09. The Balaban J connectivity index is 1.76. The largest absolute Gasteiger partial charge is 0.465 e. The van der Waals surface area contributed by atoms with E-state index >= 15 is 0 Å². The summed E-state index contributed by atoms with van der Waals surface area (Å²) in [7, 11) is 0. The molecule has 90 valence electrons. The van der Waals surface area contributed by atoms with Gasteiger partial charge in [-0.15, -0.1) is 0 Å². The van der Waals surface area contributed by atoms with Crippen LogP contribution in [0.15, 0.2) is 16.5 Å². The van der Waals surface area contributed by atoms with Crippen molar-refractivity contribution in [2.45, 2.75) is 45.2 Å². The van der Waals surface area contributed by atoms with Crippen molar-refractivity contribution in [2.75, 3.05) is 13.1 Å². The zero-order valence-electron chi connectivity index (χ0n) is 10.3. The SMILES string of the molecule is Cc1ccc(C(C)NCC2CCCCN2)o1. The Bertz CT molecular complexity index is 315. The highest BCUT2D eigenvalue weighted by Gasteiger charge is 2.14. The van der Waals surface area contributed by atoms with Crippen LogP contribution in [0, 0.1) is 6.92 Å². The first-order valence-electron chi connectivity index (χ1n) is 6.29. The molecule has 1 aromatic heterocycles.